The molecule has 0 saturated heterocycles. The van der Waals surface area contributed by atoms with E-state index in [-0.39, 0.29) is 24.6 Å². The Balaban J connectivity index is 2.83. The minimum absolute atomic E-state index is 0.250. The zero-order valence-electron chi connectivity index (χ0n) is 15.8. The predicted octanol–water partition coefficient (Wildman–Crippen LogP) is 2.07. The van der Waals surface area contributed by atoms with E-state index in [9.17, 15) is 18.0 Å². The van der Waals surface area contributed by atoms with Gasteiger partial charge < -0.3 is 4.74 Å². The number of sulfonamides is 1. The van der Waals surface area contributed by atoms with Gasteiger partial charge in [-0.2, -0.15) is 4.31 Å². The van der Waals surface area contributed by atoms with Gasteiger partial charge in [0.2, 0.25) is 21.8 Å². The molecule has 26 heavy (non-hydrogen) atoms. The number of methoxy groups -OCH3 is 1. The van der Waals surface area contributed by atoms with Crippen LogP contribution < -0.4 is 10.1 Å². The molecule has 0 atom stereocenters. The highest BCUT2D eigenvalue weighted by Crippen LogP contribution is 2.18. The van der Waals surface area contributed by atoms with Gasteiger partial charge in [-0.25, -0.2) is 8.42 Å². The smallest absolute Gasteiger partial charge is 0.241 e. The Labute approximate surface area is 155 Å². The van der Waals surface area contributed by atoms with Crippen molar-refractivity contribution >= 4 is 21.8 Å². The Morgan fingerprint density at radius 3 is 2.50 bits per heavy atom. The first kappa shape index (κ1) is 22.1. The van der Waals surface area contributed by atoms with Crippen LogP contribution in [0.25, 0.3) is 0 Å². The molecular weight excluding hydrogens is 356 g/mol. The van der Waals surface area contributed by atoms with Crippen LogP contribution in [-0.2, 0) is 25.4 Å². The topological polar surface area (TPSA) is 92.8 Å². The van der Waals surface area contributed by atoms with Crippen molar-refractivity contribution in [2.24, 2.45) is 0 Å². The summed E-state index contributed by atoms with van der Waals surface area (Å²) in [6, 6.07) is 6.35. The van der Waals surface area contributed by atoms with Crippen molar-refractivity contribution in [1.82, 2.24) is 9.62 Å². The largest absolute Gasteiger partial charge is 0.497 e. The summed E-state index contributed by atoms with van der Waals surface area (Å²) in [5.74, 6) is -0.688. The first-order valence-corrected chi connectivity index (χ1v) is 10.3. The molecular formula is C18H28N2O5S. The van der Waals surface area contributed by atoms with Crippen LogP contribution in [0.5, 0.6) is 5.75 Å². The van der Waals surface area contributed by atoms with Crippen molar-refractivity contribution in [2.45, 2.75) is 51.8 Å². The van der Waals surface area contributed by atoms with E-state index < -0.39 is 22.0 Å². The monoisotopic (exact) mass is 384 g/mol. The normalized spacial score (nSPS) is 11.6. The van der Waals surface area contributed by atoms with Crippen LogP contribution in [0.15, 0.2) is 24.3 Å². The predicted molar refractivity (Wildman–Crippen MR) is 100 cm³/mol. The van der Waals surface area contributed by atoms with E-state index in [1.807, 2.05) is 6.92 Å². The van der Waals surface area contributed by atoms with Crippen molar-refractivity contribution in [3.63, 3.8) is 0 Å². The van der Waals surface area contributed by atoms with Crippen molar-refractivity contribution in [3.05, 3.63) is 29.8 Å². The highest BCUT2D eigenvalue weighted by atomic mass is 32.2. The van der Waals surface area contributed by atoms with Crippen LogP contribution in [0.1, 0.15) is 45.6 Å². The van der Waals surface area contributed by atoms with Crippen LogP contribution >= 0.6 is 0 Å². The Hall–Kier alpha value is -1.93. The highest BCUT2D eigenvalue weighted by Gasteiger charge is 2.28. The van der Waals surface area contributed by atoms with Gasteiger partial charge in [-0.05, 0) is 38.0 Å². The molecule has 0 heterocycles. The fourth-order valence-corrected chi connectivity index (χ4v) is 4.12. The molecule has 1 rings (SSSR count). The van der Waals surface area contributed by atoms with Gasteiger partial charge in [-0.1, -0.05) is 25.5 Å². The van der Waals surface area contributed by atoms with E-state index in [2.05, 4.69) is 5.32 Å². The molecule has 1 aromatic rings. The minimum atomic E-state index is -3.74. The molecule has 0 fully saturated rings. The molecule has 8 heteroatoms. The molecule has 0 aliphatic heterocycles. The number of ether oxygens (including phenoxy) is 1. The van der Waals surface area contributed by atoms with Gasteiger partial charge in [0.1, 0.15) is 5.75 Å². The summed E-state index contributed by atoms with van der Waals surface area (Å²) in [7, 11) is -2.23. The number of carbonyl (C=O) groups is 2. The zero-order valence-corrected chi connectivity index (χ0v) is 16.6. The lowest BCUT2D eigenvalue weighted by Crippen LogP contribution is -2.46. The third kappa shape index (κ3) is 7.13. The first-order chi connectivity index (χ1) is 12.2. The molecule has 0 radical (unpaired) electrons. The fourth-order valence-electron chi connectivity index (χ4n) is 2.39. The summed E-state index contributed by atoms with van der Waals surface area (Å²) in [4.78, 5) is 23.7. The van der Waals surface area contributed by atoms with Gasteiger partial charge in [0.15, 0.2) is 0 Å². The van der Waals surface area contributed by atoms with Crippen LogP contribution in [0, 0.1) is 0 Å². The zero-order chi connectivity index (χ0) is 19.7. The average molecular weight is 384 g/mol. The number of unbranched alkanes of at least 4 members (excludes halogenated alkanes) is 1. The third-order valence-electron chi connectivity index (χ3n) is 3.75. The number of amides is 2. The van der Waals surface area contributed by atoms with Crippen molar-refractivity contribution in [2.75, 3.05) is 13.7 Å². The number of nitrogens with zero attached hydrogens (tertiary/aromatic N) is 1. The van der Waals surface area contributed by atoms with Crippen molar-refractivity contribution in [3.8, 4) is 5.75 Å². The molecule has 146 valence electrons. The van der Waals surface area contributed by atoms with Crippen LogP contribution in [-0.4, -0.2) is 44.2 Å². The molecule has 0 spiro atoms. The van der Waals surface area contributed by atoms with E-state index in [1.54, 1.807) is 38.1 Å². The van der Waals surface area contributed by atoms with Crippen molar-refractivity contribution < 1.29 is 22.7 Å². The number of hydrogen-bond acceptors (Lipinski definition) is 5. The lowest BCUT2D eigenvalue weighted by atomic mass is 10.2. The van der Waals surface area contributed by atoms with E-state index in [0.29, 0.717) is 17.7 Å². The summed E-state index contributed by atoms with van der Waals surface area (Å²) in [5, 5.41) is 2.25. The van der Waals surface area contributed by atoms with E-state index >= 15 is 0 Å². The Kier molecular flexibility index (Phi) is 8.74. The lowest BCUT2D eigenvalue weighted by molar-refractivity contribution is -0.130. The second kappa shape index (κ2) is 10.3. The molecule has 7 nitrogen and oxygen atoms in total. The van der Waals surface area contributed by atoms with Gasteiger partial charge >= 0.3 is 0 Å². The Morgan fingerprint density at radius 1 is 1.23 bits per heavy atom. The number of hydrogen-bond donors (Lipinski definition) is 1. The average Bonchev–Trinajstić information content (AvgIpc) is 2.57. The lowest BCUT2D eigenvalue weighted by Gasteiger charge is -2.25. The second-order valence-corrected chi connectivity index (χ2v) is 8.24. The third-order valence-corrected chi connectivity index (χ3v) is 5.72. The molecule has 0 aliphatic rings. The molecule has 0 bridgehead atoms. The van der Waals surface area contributed by atoms with Gasteiger partial charge in [-0.3, -0.25) is 14.9 Å². The Morgan fingerprint density at radius 2 is 1.92 bits per heavy atom. The number of carbonyl (C=O) groups excluding carboxylic acids is 2. The number of rotatable bonds is 10. The van der Waals surface area contributed by atoms with Crippen molar-refractivity contribution in [1.29, 1.82) is 0 Å². The summed E-state index contributed by atoms with van der Waals surface area (Å²) in [6.45, 7) is 4.94. The minimum Gasteiger partial charge on any atom is -0.497 e. The van der Waals surface area contributed by atoms with E-state index in [4.69, 9.17) is 4.74 Å². The summed E-state index contributed by atoms with van der Waals surface area (Å²) in [5.41, 5.74) is 0.564. The second-order valence-electron chi connectivity index (χ2n) is 6.32. The van der Waals surface area contributed by atoms with Crippen LogP contribution in [0.4, 0.5) is 0 Å². The summed E-state index contributed by atoms with van der Waals surface area (Å²) in [6.07, 6.45) is 1.77. The quantitative estimate of drug-likeness (QED) is 0.667. The maximum atomic E-state index is 12.8. The van der Waals surface area contributed by atoms with E-state index in [0.717, 1.165) is 10.7 Å². The standard InChI is InChI=1S/C18H28N2O5S/c1-5-6-10-17(21)19-18(22)12-20(14(2)3)26(23,24)13-15-8-7-9-16(11-15)25-4/h7-9,11,14H,5-6,10,12-13H2,1-4H3,(H,19,21,22). The number of benzene rings is 1. The molecule has 0 unspecified atom stereocenters. The van der Waals surface area contributed by atoms with E-state index in [1.165, 1.54) is 7.11 Å². The van der Waals surface area contributed by atoms with Gasteiger partial charge in [0.25, 0.3) is 0 Å². The SMILES string of the molecule is CCCCC(=O)NC(=O)CN(C(C)C)S(=O)(=O)Cc1cccc(OC)c1. The molecule has 0 saturated carbocycles. The maximum Gasteiger partial charge on any atom is 0.241 e. The summed E-state index contributed by atoms with van der Waals surface area (Å²) < 4.78 is 31.7. The van der Waals surface area contributed by atoms with Crippen LogP contribution in [0.3, 0.4) is 0 Å². The number of nitrogens with one attached hydrogen (secondary N) is 1. The van der Waals surface area contributed by atoms with Crippen LogP contribution in [0.2, 0.25) is 0 Å². The van der Waals surface area contributed by atoms with Gasteiger partial charge in [0.05, 0.1) is 19.4 Å². The molecule has 0 aliphatic carbocycles. The highest BCUT2D eigenvalue weighted by molar-refractivity contribution is 7.88. The molecule has 1 aromatic carbocycles. The van der Waals surface area contributed by atoms with Gasteiger partial charge in [0, 0.05) is 12.5 Å². The first-order valence-electron chi connectivity index (χ1n) is 8.64. The summed E-state index contributed by atoms with van der Waals surface area (Å²) >= 11 is 0. The maximum absolute atomic E-state index is 12.8. The molecule has 0 aromatic heterocycles. The molecule has 2 amide bonds. The molecule has 1 N–H and O–H groups in total. The Bertz CT molecular complexity index is 716. The fraction of sp³-hybridized carbons (Fsp3) is 0.556. The van der Waals surface area contributed by atoms with Gasteiger partial charge in [-0.15, -0.1) is 0 Å². The number of imide groups is 1.